The molecule has 0 saturated heterocycles. The van der Waals surface area contributed by atoms with Crippen LogP contribution in [-0.2, 0) is 4.79 Å². The number of carbonyl (C=O) groups is 2. The summed E-state index contributed by atoms with van der Waals surface area (Å²) >= 11 is 0. The lowest BCUT2D eigenvalue weighted by molar-refractivity contribution is -0.384. The van der Waals surface area contributed by atoms with Crippen molar-refractivity contribution in [3.05, 3.63) is 33.9 Å². The molecule has 0 bridgehead atoms. The molecule has 1 atom stereocenters. The lowest BCUT2D eigenvalue weighted by atomic mass is 10.1. The number of nitrogens with zero attached hydrogens (tertiary/aromatic N) is 2. The number of carboxylic acid groups (broad SMARTS) is 1. The molecule has 0 saturated carbocycles. The Morgan fingerprint density at radius 1 is 1.40 bits per heavy atom. The molecule has 0 heterocycles. The zero-order valence-electron chi connectivity index (χ0n) is 11.3. The number of likely N-dealkylation sites (N-methyl/N-ethyl adjacent to an activating group) is 1. The van der Waals surface area contributed by atoms with Crippen molar-refractivity contribution in [1.29, 1.82) is 0 Å². The second-order valence-electron chi connectivity index (χ2n) is 4.39. The van der Waals surface area contributed by atoms with Gasteiger partial charge in [0.25, 0.3) is 5.69 Å². The van der Waals surface area contributed by atoms with Gasteiger partial charge in [-0.3, -0.25) is 14.9 Å². The summed E-state index contributed by atoms with van der Waals surface area (Å²) in [5.41, 5.74) is -0.381. The predicted molar refractivity (Wildman–Crippen MR) is 71.8 cm³/mol. The smallest absolute Gasteiger partial charge is 0.335 e. The molecule has 1 aromatic rings. The van der Waals surface area contributed by atoms with Gasteiger partial charge in [0.2, 0.25) is 5.91 Å². The largest absolute Gasteiger partial charge is 0.478 e. The van der Waals surface area contributed by atoms with E-state index in [2.05, 4.69) is 5.32 Å². The van der Waals surface area contributed by atoms with Gasteiger partial charge in [-0.15, -0.1) is 0 Å². The van der Waals surface area contributed by atoms with Crippen LogP contribution in [0.5, 0.6) is 0 Å². The van der Waals surface area contributed by atoms with Crippen LogP contribution in [0.2, 0.25) is 0 Å². The molecule has 8 heteroatoms. The average molecular weight is 281 g/mol. The van der Waals surface area contributed by atoms with Gasteiger partial charge in [-0.1, -0.05) is 0 Å². The number of amides is 1. The molecule has 1 unspecified atom stereocenters. The summed E-state index contributed by atoms with van der Waals surface area (Å²) in [6.45, 7) is 1.54. The summed E-state index contributed by atoms with van der Waals surface area (Å²) in [6, 6.07) is 2.66. The summed E-state index contributed by atoms with van der Waals surface area (Å²) in [7, 11) is 3.12. The average Bonchev–Trinajstić information content (AvgIpc) is 2.36. The van der Waals surface area contributed by atoms with Crippen molar-refractivity contribution in [2.75, 3.05) is 19.4 Å². The van der Waals surface area contributed by atoms with Crippen molar-refractivity contribution in [2.45, 2.75) is 13.0 Å². The van der Waals surface area contributed by atoms with E-state index in [4.69, 9.17) is 5.11 Å². The van der Waals surface area contributed by atoms with E-state index in [-0.39, 0.29) is 22.8 Å². The molecule has 0 aliphatic heterocycles. The first-order chi connectivity index (χ1) is 9.23. The summed E-state index contributed by atoms with van der Waals surface area (Å²) in [5, 5.41) is 22.5. The first-order valence-corrected chi connectivity index (χ1v) is 5.73. The van der Waals surface area contributed by atoms with Crippen LogP contribution in [0.1, 0.15) is 17.3 Å². The van der Waals surface area contributed by atoms with E-state index in [1.54, 1.807) is 21.0 Å². The van der Waals surface area contributed by atoms with Crippen LogP contribution in [-0.4, -0.2) is 46.9 Å². The molecule has 0 spiro atoms. The maximum Gasteiger partial charge on any atom is 0.335 e. The highest BCUT2D eigenvalue weighted by Gasteiger charge is 2.21. The van der Waals surface area contributed by atoms with Crippen LogP contribution in [0, 0.1) is 10.1 Å². The number of nitro groups is 1. The Hall–Kier alpha value is -2.64. The lowest BCUT2D eigenvalue weighted by Crippen LogP contribution is -2.36. The van der Waals surface area contributed by atoms with Gasteiger partial charge in [-0.05, 0) is 19.1 Å². The van der Waals surface area contributed by atoms with Crippen LogP contribution in [0.25, 0.3) is 0 Å². The standard InChI is InChI=1S/C12H15N3O5/c1-7(11(16)14(2)3)13-9-6-8(12(17)18)4-5-10(9)15(19)20/h4-7,13H,1-3H3,(H,17,18). The molecule has 2 N–H and O–H groups in total. The second-order valence-corrected chi connectivity index (χ2v) is 4.39. The zero-order chi connectivity index (χ0) is 15.4. The van der Waals surface area contributed by atoms with Crippen LogP contribution in [0.15, 0.2) is 18.2 Å². The molecule has 0 radical (unpaired) electrons. The van der Waals surface area contributed by atoms with Crippen LogP contribution in [0.4, 0.5) is 11.4 Å². The Morgan fingerprint density at radius 3 is 2.45 bits per heavy atom. The van der Waals surface area contributed by atoms with Gasteiger partial charge in [0.15, 0.2) is 0 Å². The highest BCUT2D eigenvalue weighted by atomic mass is 16.6. The summed E-state index contributed by atoms with van der Waals surface area (Å²) in [6.07, 6.45) is 0. The number of anilines is 1. The maximum absolute atomic E-state index is 11.7. The van der Waals surface area contributed by atoms with E-state index in [9.17, 15) is 19.7 Å². The zero-order valence-corrected chi connectivity index (χ0v) is 11.3. The second kappa shape index (κ2) is 6.00. The van der Waals surface area contributed by atoms with Crippen molar-refractivity contribution in [3.63, 3.8) is 0 Å². The van der Waals surface area contributed by atoms with E-state index >= 15 is 0 Å². The van der Waals surface area contributed by atoms with Gasteiger partial charge in [-0.25, -0.2) is 4.79 Å². The fourth-order valence-corrected chi connectivity index (χ4v) is 1.63. The van der Waals surface area contributed by atoms with Gasteiger partial charge in [0.05, 0.1) is 10.5 Å². The van der Waals surface area contributed by atoms with Gasteiger partial charge in [-0.2, -0.15) is 0 Å². The number of carboxylic acids is 1. The lowest BCUT2D eigenvalue weighted by Gasteiger charge is -2.19. The minimum absolute atomic E-state index is 0.00222. The van der Waals surface area contributed by atoms with Crippen molar-refractivity contribution >= 4 is 23.3 Å². The van der Waals surface area contributed by atoms with Gasteiger partial charge in [0.1, 0.15) is 11.7 Å². The third-order valence-corrected chi connectivity index (χ3v) is 2.62. The Kier molecular flexibility index (Phi) is 4.63. The molecule has 108 valence electrons. The van der Waals surface area contributed by atoms with Crippen molar-refractivity contribution in [1.82, 2.24) is 4.90 Å². The number of carbonyl (C=O) groups excluding carboxylic acids is 1. The fraction of sp³-hybridized carbons (Fsp3) is 0.333. The molecule has 8 nitrogen and oxygen atoms in total. The summed E-state index contributed by atoms with van der Waals surface area (Å²) < 4.78 is 0. The minimum atomic E-state index is -1.20. The molecular weight excluding hydrogens is 266 g/mol. The Morgan fingerprint density at radius 2 is 2.00 bits per heavy atom. The van der Waals surface area contributed by atoms with Crippen LogP contribution in [0.3, 0.4) is 0 Å². The SMILES string of the molecule is CC(Nc1cc(C(=O)O)ccc1[N+](=O)[O-])C(=O)N(C)C. The Balaban J connectivity index is 3.13. The topological polar surface area (TPSA) is 113 Å². The van der Waals surface area contributed by atoms with Gasteiger partial charge in [0, 0.05) is 20.2 Å². The number of nitro benzene ring substituents is 1. The molecule has 0 aliphatic carbocycles. The van der Waals surface area contributed by atoms with Crippen molar-refractivity contribution in [3.8, 4) is 0 Å². The number of rotatable bonds is 5. The number of aromatic carboxylic acids is 1. The molecule has 1 rings (SSSR count). The summed E-state index contributed by atoms with van der Waals surface area (Å²) in [4.78, 5) is 34.2. The molecule has 0 aromatic heterocycles. The summed E-state index contributed by atoms with van der Waals surface area (Å²) in [5.74, 6) is -1.48. The fourth-order valence-electron chi connectivity index (χ4n) is 1.63. The highest BCUT2D eigenvalue weighted by molar-refractivity contribution is 5.91. The molecule has 0 fully saturated rings. The normalized spacial score (nSPS) is 11.6. The van der Waals surface area contributed by atoms with Gasteiger partial charge >= 0.3 is 5.97 Å². The monoisotopic (exact) mass is 281 g/mol. The quantitative estimate of drug-likeness (QED) is 0.619. The van der Waals surface area contributed by atoms with E-state index in [0.29, 0.717) is 0 Å². The van der Waals surface area contributed by atoms with Crippen LogP contribution >= 0.6 is 0 Å². The molecule has 1 aromatic carbocycles. The molecule has 0 aliphatic rings. The molecule has 20 heavy (non-hydrogen) atoms. The van der Waals surface area contributed by atoms with E-state index in [0.717, 1.165) is 18.2 Å². The molecular formula is C12H15N3O5. The maximum atomic E-state index is 11.7. The number of benzene rings is 1. The Bertz CT molecular complexity index is 556. The van der Waals surface area contributed by atoms with E-state index in [1.807, 2.05) is 0 Å². The van der Waals surface area contributed by atoms with E-state index < -0.39 is 16.9 Å². The molecule has 1 amide bonds. The predicted octanol–water partition coefficient (Wildman–Crippen LogP) is 1.18. The third kappa shape index (κ3) is 3.44. The van der Waals surface area contributed by atoms with Gasteiger partial charge < -0.3 is 15.3 Å². The first-order valence-electron chi connectivity index (χ1n) is 5.73. The minimum Gasteiger partial charge on any atom is -0.478 e. The van der Waals surface area contributed by atoms with E-state index in [1.165, 1.54) is 4.90 Å². The third-order valence-electron chi connectivity index (χ3n) is 2.62. The first kappa shape index (κ1) is 15.4. The van der Waals surface area contributed by atoms with Crippen molar-refractivity contribution < 1.29 is 19.6 Å². The van der Waals surface area contributed by atoms with Crippen LogP contribution < -0.4 is 5.32 Å². The Labute approximate surface area is 115 Å². The number of hydrogen-bond acceptors (Lipinski definition) is 5. The highest BCUT2D eigenvalue weighted by Crippen LogP contribution is 2.26. The van der Waals surface area contributed by atoms with Crippen molar-refractivity contribution in [2.24, 2.45) is 0 Å². The number of nitrogens with one attached hydrogen (secondary N) is 1. The number of hydrogen-bond donors (Lipinski definition) is 2.